The molecule has 6 heteroatoms. The molecule has 2 fully saturated rings. The van der Waals surface area contributed by atoms with E-state index >= 15 is 0 Å². The Labute approximate surface area is 121 Å². The first-order valence-corrected chi connectivity index (χ1v) is 7.17. The van der Waals surface area contributed by atoms with Crippen molar-refractivity contribution in [3.63, 3.8) is 0 Å². The number of rotatable bonds is 3. The first-order chi connectivity index (χ1) is 10.0. The predicted octanol–water partition coefficient (Wildman–Crippen LogP) is 3.40. The van der Waals surface area contributed by atoms with E-state index in [4.69, 9.17) is 4.74 Å². The smallest absolute Gasteiger partial charge is 0.311 e. The molecular weight excluding hydrogens is 277 g/mol. The van der Waals surface area contributed by atoms with E-state index in [0.717, 1.165) is 50.3 Å². The maximum atomic E-state index is 13.3. The fourth-order valence-electron chi connectivity index (χ4n) is 3.44. The summed E-state index contributed by atoms with van der Waals surface area (Å²) < 4.78 is 19.0. The van der Waals surface area contributed by atoms with Crippen molar-refractivity contribution in [2.24, 2.45) is 5.41 Å². The predicted molar refractivity (Wildman–Crippen MR) is 72.6 cm³/mol. The molecule has 0 amide bonds. The molecule has 1 aromatic rings. The van der Waals surface area contributed by atoms with Gasteiger partial charge in [-0.05, 0) is 18.9 Å². The number of carbonyl (C=O) groups is 1. The Kier molecular flexibility index (Phi) is 3.39. The molecule has 1 spiro atoms. The highest BCUT2D eigenvalue weighted by molar-refractivity contribution is 5.92. The van der Waals surface area contributed by atoms with E-state index in [1.165, 1.54) is 0 Å². The molecule has 1 atom stereocenters. The third-order valence-electron chi connectivity index (χ3n) is 4.68. The SMILES string of the molecule is O=C1CC(Oc2cc(F)ccc2[N+](=O)[O-])C12CCCCC2. The van der Waals surface area contributed by atoms with Gasteiger partial charge in [-0.3, -0.25) is 14.9 Å². The number of ketones is 1. The van der Waals surface area contributed by atoms with Crippen LogP contribution >= 0.6 is 0 Å². The van der Waals surface area contributed by atoms with Crippen molar-refractivity contribution in [2.75, 3.05) is 0 Å². The van der Waals surface area contributed by atoms with Crippen LogP contribution in [0.3, 0.4) is 0 Å². The minimum Gasteiger partial charge on any atom is -0.482 e. The first kappa shape index (κ1) is 14.0. The van der Waals surface area contributed by atoms with Crippen LogP contribution in [0.2, 0.25) is 0 Å². The van der Waals surface area contributed by atoms with Gasteiger partial charge in [0.1, 0.15) is 17.7 Å². The summed E-state index contributed by atoms with van der Waals surface area (Å²) in [4.78, 5) is 22.4. The zero-order valence-corrected chi connectivity index (χ0v) is 11.5. The van der Waals surface area contributed by atoms with Crippen LogP contribution in [-0.2, 0) is 4.79 Å². The fourth-order valence-corrected chi connectivity index (χ4v) is 3.44. The molecule has 1 aromatic carbocycles. The van der Waals surface area contributed by atoms with Gasteiger partial charge in [-0.2, -0.15) is 0 Å². The van der Waals surface area contributed by atoms with E-state index in [1.54, 1.807) is 0 Å². The van der Waals surface area contributed by atoms with Crippen molar-refractivity contribution >= 4 is 11.5 Å². The van der Waals surface area contributed by atoms with E-state index in [9.17, 15) is 19.3 Å². The zero-order chi connectivity index (χ0) is 15.0. The molecule has 1 unspecified atom stereocenters. The average Bonchev–Trinajstić information content (AvgIpc) is 2.47. The Balaban J connectivity index is 1.85. The van der Waals surface area contributed by atoms with Gasteiger partial charge in [-0.1, -0.05) is 19.3 Å². The summed E-state index contributed by atoms with van der Waals surface area (Å²) >= 11 is 0. The Bertz CT molecular complexity index is 595. The van der Waals surface area contributed by atoms with E-state index in [0.29, 0.717) is 0 Å². The molecule has 0 radical (unpaired) electrons. The molecule has 0 N–H and O–H groups in total. The molecule has 0 heterocycles. The summed E-state index contributed by atoms with van der Waals surface area (Å²) in [5.41, 5.74) is -0.764. The lowest BCUT2D eigenvalue weighted by atomic mass is 9.57. The fraction of sp³-hybridized carbons (Fsp3) is 0.533. The molecule has 0 bridgehead atoms. The van der Waals surface area contributed by atoms with Crippen LogP contribution in [0.4, 0.5) is 10.1 Å². The van der Waals surface area contributed by atoms with Crippen molar-refractivity contribution in [3.8, 4) is 5.75 Å². The molecule has 21 heavy (non-hydrogen) atoms. The van der Waals surface area contributed by atoms with Crippen LogP contribution < -0.4 is 4.74 Å². The molecule has 2 saturated carbocycles. The third-order valence-corrected chi connectivity index (χ3v) is 4.68. The van der Waals surface area contributed by atoms with Gasteiger partial charge in [0.05, 0.1) is 10.3 Å². The van der Waals surface area contributed by atoms with Crippen LogP contribution in [0.5, 0.6) is 5.75 Å². The number of benzene rings is 1. The third kappa shape index (κ3) is 2.28. The lowest BCUT2D eigenvalue weighted by Crippen LogP contribution is -2.57. The van der Waals surface area contributed by atoms with Crippen LogP contribution in [0.25, 0.3) is 0 Å². The van der Waals surface area contributed by atoms with Crippen molar-refractivity contribution in [1.82, 2.24) is 0 Å². The largest absolute Gasteiger partial charge is 0.482 e. The number of halogens is 1. The zero-order valence-electron chi connectivity index (χ0n) is 11.5. The van der Waals surface area contributed by atoms with Crippen molar-refractivity contribution in [2.45, 2.75) is 44.6 Å². The lowest BCUT2D eigenvalue weighted by Gasteiger charge is -2.49. The van der Waals surface area contributed by atoms with Crippen LogP contribution in [0.1, 0.15) is 38.5 Å². The van der Waals surface area contributed by atoms with Gasteiger partial charge in [0.2, 0.25) is 0 Å². The molecule has 0 saturated heterocycles. The van der Waals surface area contributed by atoms with Gasteiger partial charge in [-0.15, -0.1) is 0 Å². The number of Topliss-reactive ketones (excluding diaryl/α,β-unsaturated/α-hetero) is 1. The minimum atomic E-state index is -0.594. The Morgan fingerprint density at radius 1 is 1.29 bits per heavy atom. The maximum absolute atomic E-state index is 13.3. The summed E-state index contributed by atoms with van der Waals surface area (Å²) in [5.74, 6) is -0.493. The monoisotopic (exact) mass is 293 g/mol. The number of hydrogen-bond acceptors (Lipinski definition) is 4. The summed E-state index contributed by atoms with van der Waals surface area (Å²) in [5, 5.41) is 11.0. The Morgan fingerprint density at radius 2 is 2.00 bits per heavy atom. The minimum absolute atomic E-state index is 0.0811. The number of nitro benzene ring substituents is 1. The van der Waals surface area contributed by atoms with E-state index in [-0.39, 0.29) is 29.7 Å². The van der Waals surface area contributed by atoms with Gasteiger partial charge >= 0.3 is 5.69 Å². The van der Waals surface area contributed by atoms with Crippen molar-refractivity contribution < 1.29 is 18.8 Å². The highest BCUT2D eigenvalue weighted by Gasteiger charge is 2.56. The summed E-state index contributed by atoms with van der Waals surface area (Å²) in [6.45, 7) is 0. The van der Waals surface area contributed by atoms with Gasteiger partial charge < -0.3 is 4.74 Å². The van der Waals surface area contributed by atoms with Gasteiger partial charge in [0, 0.05) is 18.6 Å². The second-order valence-electron chi connectivity index (χ2n) is 5.82. The normalized spacial score (nSPS) is 23.7. The lowest BCUT2D eigenvalue weighted by molar-refractivity contribution is -0.386. The summed E-state index contributed by atoms with van der Waals surface area (Å²) in [7, 11) is 0. The average molecular weight is 293 g/mol. The molecule has 5 nitrogen and oxygen atoms in total. The van der Waals surface area contributed by atoms with Crippen molar-refractivity contribution in [3.05, 3.63) is 34.1 Å². The number of nitro groups is 1. The highest BCUT2D eigenvalue weighted by atomic mass is 19.1. The highest BCUT2D eigenvalue weighted by Crippen LogP contribution is 2.51. The van der Waals surface area contributed by atoms with E-state index in [1.807, 2.05) is 0 Å². The molecule has 0 aromatic heterocycles. The molecule has 3 rings (SSSR count). The summed E-state index contributed by atoms with van der Waals surface area (Å²) in [6, 6.07) is 3.16. The van der Waals surface area contributed by atoms with E-state index in [2.05, 4.69) is 0 Å². The molecule has 2 aliphatic carbocycles. The molecule has 0 aliphatic heterocycles. The summed E-state index contributed by atoms with van der Waals surface area (Å²) in [6.07, 6.45) is 4.45. The number of ether oxygens (including phenoxy) is 1. The second-order valence-corrected chi connectivity index (χ2v) is 5.82. The quantitative estimate of drug-likeness (QED) is 0.632. The second kappa shape index (κ2) is 5.09. The Hall–Kier alpha value is -1.98. The topological polar surface area (TPSA) is 69.4 Å². The maximum Gasteiger partial charge on any atom is 0.311 e. The van der Waals surface area contributed by atoms with Gasteiger partial charge in [-0.25, -0.2) is 4.39 Å². The number of carbonyl (C=O) groups excluding carboxylic acids is 1. The Morgan fingerprint density at radius 3 is 2.62 bits per heavy atom. The molecular formula is C15H16FNO4. The van der Waals surface area contributed by atoms with Crippen LogP contribution in [-0.4, -0.2) is 16.8 Å². The molecule has 112 valence electrons. The van der Waals surface area contributed by atoms with Gasteiger partial charge in [0.15, 0.2) is 5.75 Å². The van der Waals surface area contributed by atoms with Crippen LogP contribution in [0.15, 0.2) is 18.2 Å². The molecule has 2 aliphatic rings. The standard InChI is InChI=1S/C15H16FNO4/c16-10-4-5-11(17(19)20)12(8-10)21-14-9-13(18)15(14)6-2-1-3-7-15/h4-5,8,14H,1-3,6-7,9H2. The number of hydrogen-bond donors (Lipinski definition) is 0. The first-order valence-electron chi connectivity index (χ1n) is 7.17. The van der Waals surface area contributed by atoms with E-state index < -0.39 is 16.2 Å². The van der Waals surface area contributed by atoms with Crippen molar-refractivity contribution in [1.29, 1.82) is 0 Å². The number of nitrogens with zero attached hydrogens (tertiary/aromatic N) is 1. The van der Waals surface area contributed by atoms with Crippen LogP contribution in [0, 0.1) is 21.3 Å². The van der Waals surface area contributed by atoms with Gasteiger partial charge in [0.25, 0.3) is 0 Å².